The summed E-state index contributed by atoms with van der Waals surface area (Å²) >= 11 is 0. The van der Waals surface area contributed by atoms with Gasteiger partial charge in [0, 0.05) is 23.8 Å². The van der Waals surface area contributed by atoms with Gasteiger partial charge in [0.2, 0.25) is 0 Å². The Kier molecular flexibility index (Phi) is 1.77. The van der Waals surface area contributed by atoms with Crippen LogP contribution in [-0.4, -0.2) is 4.57 Å². The zero-order valence-corrected chi connectivity index (χ0v) is 6.94. The third-order valence-corrected chi connectivity index (χ3v) is 1.82. The van der Waals surface area contributed by atoms with Crippen molar-refractivity contribution in [1.82, 2.24) is 4.57 Å². The van der Waals surface area contributed by atoms with Gasteiger partial charge in [-0.25, -0.2) is 4.39 Å². The van der Waals surface area contributed by atoms with Crippen LogP contribution in [0.2, 0.25) is 0 Å². The van der Waals surface area contributed by atoms with Crippen LogP contribution in [-0.2, 0) is 0 Å². The predicted molar refractivity (Wildman–Crippen MR) is 50.1 cm³/mol. The van der Waals surface area contributed by atoms with E-state index in [1.807, 2.05) is 6.07 Å². The number of benzene rings is 1. The van der Waals surface area contributed by atoms with Crippen molar-refractivity contribution in [2.24, 2.45) is 0 Å². The highest BCUT2D eigenvalue weighted by atomic mass is 19.1. The lowest BCUT2D eigenvalue weighted by Gasteiger charge is -2.01. The molecule has 0 atom stereocenters. The smallest absolute Gasteiger partial charge is 0.125 e. The Bertz CT molecular complexity index is 420. The zero-order valence-electron chi connectivity index (χ0n) is 6.94. The average Bonchev–Trinajstić information content (AvgIpc) is 2.52. The molecule has 1 aromatic carbocycles. The molecule has 0 fully saturated rings. The third kappa shape index (κ3) is 1.54. The van der Waals surface area contributed by atoms with Crippen LogP contribution in [0.3, 0.4) is 0 Å². The fourth-order valence-electron chi connectivity index (χ4n) is 1.21. The van der Waals surface area contributed by atoms with Crippen LogP contribution < -0.4 is 5.73 Å². The van der Waals surface area contributed by atoms with Gasteiger partial charge in [0.25, 0.3) is 0 Å². The van der Waals surface area contributed by atoms with E-state index >= 15 is 0 Å². The number of halogens is 1. The molecule has 0 bridgehead atoms. The van der Waals surface area contributed by atoms with E-state index in [1.165, 1.54) is 12.1 Å². The van der Waals surface area contributed by atoms with E-state index in [2.05, 4.69) is 0 Å². The second-order valence-corrected chi connectivity index (χ2v) is 2.83. The molecule has 3 heteroatoms. The van der Waals surface area contributed by atoms with Crippen molar-refractivity contribution >= 4 is 5.69 Å². The number of rotatable bonds is 1. The summed E-state index contributed by atoms with van der Waals surface area (Å²) in [7, 11) is 0. The minimum absolute atomic E-state index is 0.246. The molecule has 0 aliphatic carbocycles. The molecule has 0 aliphatic rings. The van der Waals surface area contributed by atoms with Crippen LogP contribution in [0.1, 0.15) is 0 Å². The molecule has 0 spiro atoms. The predicted octanol–water partition coefficient (Wildman–Crippen LogP) is 2.20. The molecule has 1 heterocycles. The molecule has 0 aliphatic heterocycles. The zero-order chi connectivity index (χ0) is 9.26. The van der Waals surface area contributed by atoms with Gasteiger partial charge in [-0.15, -0.1) is 0 Å². The van der Waals surface area contributed by atoms with Gasteiger partial charge < -0.3 is 10.3 Å². The molecule has 2 aromatic rings. The number of aromatic nitrogens is 1. The Hall–Kier alpha value is -1.77. The van der Waals surface area contributed by atoms with Crippen LogP contribution in [0, 0.1) is 5.82 Å². The molecule has 0 radical (unpaired) electrons. The van der Waals surface area contributed by atoms with Gasteiger partial charge in [-0.3, -0.25) is 0 Å². The molecule has 13 heavy (non-hydrogen) atoms. The van der Waals surface area contributed by atoms with E-state index in [4.69, 9.17) is 5.73 Å². The topological polar surface area (TPSA) is 30.9 Å². The van der Waals surface area contributed by atoms with Crippen molar-refractivity contribution in [3.8, 4) is 5.69 Å². The highest BCUT2D eigenvalue weighted by Gasteiger charge is 1.97. The Morgan fingerprint density at radius 3 is 2.69 bits per heavy atom. The van der Waals surface area contributed by atoms with Crippen LogP contribution in [0.15, 0.2) is 42.7 Å². The molecular formula is C10H9FN2. The summed E-state index contributed by atoms with van der Waals surface area (Å²) in [6.07, 6.45) is 3.54. The van der Waals surface area contributed by atoms with Crippen molar-refractivity contribution in [2.45, 2.75) is 0 Å². The number of nitrogen functional groups attached to an aromatic ring is 1. The first-order valence-electron chi connectivity index (χ1n) is 3.95. The van der Waals surface area contributed by atoms with E-state index in [-0.39, 0.29) is 5.82 Å². The maximum absolute atomic E-state index is 12.8. The van der Waals surface area contributed by atoms with Crippen molar-refractivity contribution in [1.29, 1.82) is 0 Å². The molecule has 0 saturated heterocycles. The van der Waals surface area contributed by atoms with Crippen LogP contribution in [0.4, 0.5) is 10.1 Å². The fourth-order valence-corrected chi connectivity index (χ4v) is 1.21. The minimum Gasteiger partial charge on any atom is -0.397 e. The molecule has 0 unspecified atom stereocenters. The molecule has 2 nitrogen and oxygen atoms in total. The maximum Gasteiger partial charge on any atom is 0.125 e. The summed E-state index contributed by atoms with van der Waals surface area (Å²) in [6, 6.07) is 8.13. The number of nitrogens with two attached hydrogens (primary N) is 1. The van der Waals surface area contributed by atoms with E-state index in [1.54, 1.807) is 29.1 Å². The van der Waals surface area contributed by atoms with Crippen molar-refractivity contribution < 1.29 is 4.39 Å². The van der Waals surface area contributed by atoms with Gasteiger partial charge in [-0.1, -0.05) is 6.07 Å². The Morgan fingerprint density at radius 1 is 1.23 bits per heavy atom. The SMILES string of the molecule is Nc1ccn(-c2cccc(F)c2)c1. The third-order valence-electron chi connectivity index (χ3n) is 1.82. The standard InChI is InChI=1S/C10H9FN2/c11-8-2-1-3-10(6-8)13-5-4-9(12)7-13/h1-7H,12H2. The van der Waals surface area contributed by atoms with Crippen LogP contribution >= 0.6 is 0 Å². The van der Waals surface area contributed by atoms with Gasteiger partial charge in [-0.2, -0.15) is 0 Å². The molecule has 2 rings (SSSR count). The van der Waals surface area contributed by atoms with Crippen LogP contribution in [0.25, 0.3) is 5.69 Å². The first kappa shape index (κ1) is 7.86. The van der Waals surface area contributed by atoms with Gasteiger partial charge in [-0.05, 0) is 24.3 Å². The quantitative estimate of drug-likeness (QED) is 0.709. The Labute approximate surface area is 75.4 Å². The summed E-state index contributed by atoms with van der Waals surface area (Å²) in [6.45, 7) is 0. The second-order valence-electron chi connectivity index (χ2n) is 2.83. The number of nitrogens with zero attached hydrogens (tertiary/aromatic N) is 1. The number of anilines is 1. The largest absolute Gasteiger partial charge is 0.397 e. The molecule has 2 N–H and O–H groups in total. The van der Waals surface area contributed by atoms with E-state index in [0.29, 0.717) is 5.69 Å². The highest BCUT2D eigenvalue weighted by molar-refractivity contribution is 5.41. The first-order chi connectivity index (χ1) is 6.25. The van der Waals surface area contributed by atoms with Crippen molar-refractivity contribution in [3.05, 3.63) is 48.5 Å². The van der Waals surface area contributed by atoms with Crippen LogP contribution in [0.5, 0.6) is 0 Å². The first-order valence-corrected chi connectivity index (χ1v) is 3.95. The van der Waals surface area contributed by atoms with Crippen molar-refractivity contribution in [3.63, 3.8) is 0 Å². The van der Waals surface area contributed by atoms with E-state index < -0.39 is 0 Å². The fraction of sp³-hybridized carbons (Fsp3) is 0. The summed E-state index contributed by atoms with van der Waals surface area (Å²) in [5, 5.41) is 0. The summed E-state index contributed by atoms with van der Waals surface area (Å²) in [5.74, 6) is -0.246. The second kappa shape index (κ2) is 2.94. The minimum atomic E-state index is -0.246. The lowest BCUT2D eigenvalue weighted by atomic mass is 10.3. The molecule has 0 amide bonds. The summed E-state index contributed by atoms with van der Waals surface area (Å²) in [5.41, 5.74) is 6.98. The maximum atomic E-state index is 12.8. The van der Waals surface area contributed by atoms with Gasteiger partial charge in [0.05, 0.1) is 0 Å². The number of hydrogen-bond acceptors (Lipinski definition) is 1. The van der Waals surface area contributed by atoms with Gasteiger partial charge in [0.15, 0.2) is 0 Å². The van der Waals surface area contributed by atoms with E-state index in [9.17, 15) is 4.39 Å². The normalized spacial score (nSPS) is 10.2. The Balaban J connectivity index is 2.46. The Morgan fingerprint density at radius 2 is 2.08 bits per heavy atom. The van der Waals surface area contributed by atoms with Gasteiger partial charge >= 0.3 is 0 Å². The lowest BCUT2D eigenvalue weighted by Crippen LogP contribution is -1.90. The average molecular weight is 176 g/mol. The van der Waals surface area contributed by atoms with Crippen molar-refractivity contribution in [2.75, 3.05) is 5.73 Å². The van der Waals surface area contributed by atoms with Gasteiger partial charge in [0.1, 0.15) is 5.82 Å². The molecular weight excluding hydrogens is 167 g/mol. The summed E-state index contributed by atoms with van der Waals surface area (Å²) in [4.78, 5) is 0. The number of hydrogen-bond donors (Lipinski definition) is 1. The molecule has 0 saturated carbocycles. The highest BCUT2D eigenvalue weighted by Crippen LogP contribution is 2.12. The molecule has 1 aromatic heterocycles. The molecule has 66 valence electrons. The summed E-state index contributed by atoms with van der Waals surface area (Å²) < 4.78 is 14.6. The lowest BCUT2D eigenvalue weighted by molar-refractivity contribution is 0.626. The van der Waals surface area contributed by atoms with E-state index in [0.717, 1.165) is 5.69 Å². The monoisotopic (exact) mass is 176 g/mol.